The summed E-state index contributed by atoms with van der Waals surface area (Å²) in [4.78, 5) is 30.7. The van der Waals surface area contributed by atoms with Gasteiger partial charge in [0.2, 0.25) is 0 Å². The number of nitrogens with one attached hydrogen (secondary N) is 1. The van der Waals surface area contributed by atoms with E-state index in [2.05, 4.69) is 15.2 Å². The van der Waals surface area contributed by atoms with Crippen LogP contribution in [0.5, 0.6) is 11.5 Å². The number of esters is 1. The van der Waals surface area contributed by atoms with Crippen molar-refractivity contribution in [3.63, 3.8) is 0 Å². The zero-order valence-corrected chi connectivity index (χ0v) is 18.3. The van der Waals surface area contributed by atoms with Crippen LogP contribution >= 0.6 is 11.3 Å². The van der Waals surface area contributed by atoms with Gasteiger partial charge in [0.25, 0.3) is 5.91 Å². The molecule has 0 aliphatic heterocycles. The predicted octanol–water partition coefficient (Wildman–Crippen LogP) is 4.01. The van der Waals surface area contributed by atoms with Gasteiger partial charge >= 0.3 is 12.6 Å². The Morgan fingerprint density at radius 1 is 1.28 bits per heavy atom. The number of alkyl halides is 2. The number of aryl methyl sites for hydroxylation is 1. The Morgan fingerprint density at radius 2 is 2.09 bits per heavy atom. The van der Waals surface area contributed by atoms with Crippen LogP contribution in [0.1, 0.15) is 39.7 Å². The quantitative estimate of drug-likeness (QED) is 0.322. The minimum absolute atomic E-state index is 0.101. The Balaban J connectivity index is 1.58. The maximum atomic E-state index is 12.4. The Hall–Kier alpha value is -3.21. The normalized spacial score (nSPS) is 12.7. The number of oxime groups is 1. The molecule has 1 amide bonds. The highest BCUT2D eigenvalue weighted by molar-refractivity contribution is 7.17. The molecule has 8 nitrogen and oxygen atoms in total. The Bertz CT molecular complexity index is 1010. The lowest BCUT2D eigenvalue weighted by Gasteiger charge is -2.10. The van der Waals surface area contributed by atoms with Crippen molar-refractivity contribution in [3.8, 4) is 11.5 Å². The van der Waals surface area contributed by atoms with E-state index in [4.69, 9.17) is 14.3 Å². The Morgan fingerprint density at radius 3 is 2.81 bits per heavy atom. The molecule has 0 bridgehead atoms. The van der Waals surface area contributed by atoms with Gasteiger partial charge in [0, 0.05) is 10.4 Å². The number of hydrogen-bond donors (Lipinski definition) is 1. The standard InChI is InChI=1S/C21H22F2N2O6S/c1-3-29-20(27)18-13-5-4-6-16(13)32-19(18)25-17(26)11-30-24-10-12-7-8-14(31-21(22)23)15(9-12)28-2/h7-10,21H,3-6,11H2,1-2H3,(H,25,26)/b24-10+. The fraction of sp³-hybridized carbons (Fsp3) is 0.381. The number of nitrogens with zero attached hydrogens (tertiary/aromatic N) is 1. The zero-order chi connectivity index (χ0) is 23.1. The van der Waals surface area contributed by atoms with Gasteiger partial charge in [-0.15, -0.1) is 11.3 Å². The van der Waals surface area contributed by atoms with E-state index in [9.17, 15) is 18.4 Å². The fourth-order valence-electron chi connectivity index (χ4n) is 3.23. The number of carbonyl (C=O) groups excluding carboxylic acids is 2. The largest absolute Gasteiger partial charge is 0.493 e. The highest BCUT2D eigenvalue weighted by atomic mass is 32.1. The van der Waals surface area contributed by atoms with E-state index < -0.39 is 18.5 Å². The maximum Gasteiger partial charge on any atom is 0.387 e. The molecule has 32 heavy (non-hydrogen) atoms. The first-order valence-electron chi connectivity index (χ1n) is 9.82. The van der Waals surface area contributed by atoms with E-state index in [1.54, 1.807) is 6.92 Å². The molecule has 0 saturated heterocycles. The van der Waals surface area contributed by atoms with Gasteiger partial charge in [0.1, 0.15) is 5.00 Å². The highest BCUT2D eigenvalue weighted by Crippen LogP contribution is 2.39. The van der Waals surface area contributed by atoms with Gasteiger partial charge in [0.05, 0.1) is 25.5 Å². The van der Waals surface area contributed by atoms with E-state index in [-0.39, 0.29) is 24.7 Å². The summed E-state index contributed by atoms with van der Waals surface area (Å²) in [6.07, 6.45) is 3.92. The molecule has 0 fully saturated rings. The number of amides is 1. The van der Waals surface area contributed by atoms with E-state index in [0.717, 1.165) is 29.7 Å². The second-order valence-electron chi connectivity index (χ2n) is 6.63. The molecule has 11 heteroatoms. The molecule has 3 rings (SSSR count). The molecular weight excluding hydrogens is 446 g/mol. The van der Waals surface area contributed by atoms with Gasteiger partial charge in [0.15, 0.2) is 18.1 Å². The molecule has 172 valence electrons. The van der Waals surface area contributed by atoms with E-state index >= 15 is 0 Å². The maximum absolute atomic E-state index is 12.4. The number of rotatable bonds is 10. The van der Waals surface area contributed by atoms with Crippen molar-refractivity contribution >= 4 is 34.4 Å². The molecule has 1 aromatic heterocycles. The molecule has 1 N–H and O–H groups in total. The summed E-state index contributed by atoms with van der Waals surface area (Å²) in [5.41, 5.74) is 1.85. The highest BCUT2D eigenvalue weighted by Gasteiger charge is 2.28. The first kappa shape index (κ1) is 23.5. The van der Waals surface area contributed by atoms with Gasteiger partial charge in [-0.05, 0) is 49.9 Å². The topological polar surface area (TPSA) is 95.5 Å². The molecule has 0 saturated carbocycles. The molecule has 0 radical (unpaired) electrons. The average Bonchev–Trinajstić information content (AvgIpc) is 3.32. The third-order valence-corrected chi connectivity index (χ3v) is 5.74. The van der Waals surface area contributed by atoms with Gasteiger partial charge in [-0.2, -0.15) is 8.78 Å². The molecule has 1 aliphatic carbocycles. The number of anilines is 1. The van der Waals surface area contributed by atoms with Gasteiger partial charge in [-0.3, -0.25) is 4.79 Å². The summed E-state index contributed by atoms with van der Waals surface area (Å²) < 4.78 is 39.3. The summed E-state index contributed by atoms with van der Waals surface area (Å²) >= 11 is 1.37. The van der Waals surface area contributed by atoms with Crippen LogP contribution in [0.4, 0.5) is 13.8 Å². The van der Waals surface area contributed by atoms with Crippen LogP contribution in [0, 0.1) is 0 Å². The summed E-state index contributed by atoms with van der Waals surface area (Å²) in [7, 11) is 1.32. The third kappa shape index (κ3) is 5.72. The van der Waals surface area contributed by atoms with Crippen LogP contribution in [0.2, 0.25) is 0 Å². The Labute approximate surface area is 187 Å². The van der Waals surface area contributed by atoms with Crippen molar-refractivity contribution in [1.29, 1.82) is 0 Å². The van der Waals surface area contributed by atoms with Crippen molar-refractivity contribution in [1.82, 2.24) is 0 Å². The first-order chi connectivity index (χ1) is 15.4. The molecule has 0 unspecified atom stereocenters. The summed E-state index contributed by atoms with van der Waals surface area (Å²) in [6, 6.07) is 4.22. The van der Waals surface area contributed by atoms with E-state index in [1.807, 2.05) is 0 Å². The summed E-state index contributed by atoms with van der Waals surface area (Å²) in [5.74, 6) is -0.940. The molecule has 1 aromatic carbocycles. The lowest BCUT2D eigenvalue weighted by Crippen LogP contribution is -2.18. The number of carbonyl (C=O) groups is 2. The molecule has 2 aromatic rings. The number of fused-ring (bicyclic) bond motifs is 1. The van der Waals surface area contributed by atoms with Crippen LogP contribution in [-0.2, 0) is 27.2 Å². The van der Waals surface area contributed by atoms with Crippen LogP contribution in [0.25, 0.3) is 0 Å². The third-order valence-electron chi connectivity index (χ3n) is 4.53. The van der Waals surface area contributed by atoms with Crippen molar-refractivity contribution < 1.29 is 37.4 Å². The summed E-state index contributed by atoms with van der Waals surface area (Å²) in [5, 5.41) is 6.85. The molecule has 1 aliphatic rings. The van der Waals surface area contributed by atoms with Crippen LogP contribution in [0.15, 0.2) is 23.4 Å². The lowest BCUT2D eigenvalue weighted by molar-refractivity contribution is -0.120. The molecule has 1 heterocycles. The van der Waals surface area contributed by atoms with Crippen molar-refractivity contribution in [2.75, 3.05) is 25.6 Å². The second-order valence-corrected chi connectivity index (χ2v) is 7.73. The fourth-order valence-corrected chi connectivity index (χ4v) is 4.52. The molecule has 0 atom stereocenters. The minimum Gasteiger partial charge on any atom is -0.493 e. The predicted molar refractivity (Wildman–Crippen MR) is 114 cm³/mol. The number of thiophene rings is 1. The lowest BCUT2D eigenvalue weighted by atomic mass is 10.1. The number of benzene rings is 1. The summed E-state index contributed by atoms with van der Waals surface area (Å²) in [6.45, 7) is -1.39. The smallest absolute Gasteiger partial charge is 0.387 e. The van der Waals surface area contributed by atoms with Crippen LogP contribution < -0.4 is 14.8 Å². The van der Waals surface area contributed by atoms with Crippen molar-refractivity contribution in [2.45, 2.75) is 32.8 Å². The van der Waals surface area contributed by atoms with Crippen molar-refractivity contribution in [3.05, 3.63) is 39.8 Å². The molecule has 0 spiro atoms. The number of hydrogen-bond acceptors (Lipinski definition) is 8. The van der Waals surface area contributed by atoms with Gasteiger partial charge in [-0.1, -0.05) is 5.16 Å². The molecular formula is C21H22F2N2O6S. The number of methoxy groups -OCH3 is 1. The van der Waals surface area contributed by atoms with Gasteiger partial charge in [-0.25, -0.2) is 4.79 Å². The zero-order valence-electron chi connectivity index (χ0n) is 17.5. The average molecular weight is 468 g/mol. The van der Waals surface area contributed by atoms with Gasteiger partial charge < -0.3 is 24.4 Å². The Kier molecular flexibility index (Phi) is 7.98. The van der Waals surface area contributed by atoms with Crippen LogP contribution in [-0.4, -0.2) is 45.0 Å². The first-order valence-corrected chi connectivity index (χ1v) is 10.6. The second kappa shape index (κ2) is 10.9. The van der Waals surface area contributed by atoms with E-state index in [1.165, 1.54) is 42.9 Å². The number of ether oxygens (including phenoxy) is 3. The van der Waals surface area contributed by atoms with E-state index in [0.29, 0.717) is 16.1 Å². The SMILES string of the molecule is CCOC(=O)c1c(NC(=O)CO/N=C/c2ccc(OC(F)F)c(OC)c2)sc2c1CCC2. The van der Waals surface area contributed by atoms with Crippen molar-refractivity contribution in [2.24, 2.45) is 5.16 Å². The number of halogens is 2. The monoisotopic (exact) mass is 468 g/mol. The minimum atomic E-state index is -2.97. The van der Waals surface area contributed by atoms with Crippen LogP contribution in [0.3, 0.4) is 0 Å².